The summed E-state index contributed by atoms with van der Waals surface area (Å²) < 4.78 is 14.3. The Morgan fingerprint density at radius 3 is 2.44 bits per heavy atom. The number of amides is 1. The van der Waals surface area contributed by atoms with Gasteiger partial charge in [0.15, 0.2) is 5.69 Å². The summed E-state index contributed by atoms with van der Waals surface area (Å²) in [5.74, 6) is 0.500. The van der Waals surface area contributed by atoms with E-state index in [2.05, 4.69) is 10.3 Å². The maximum Gasteiger partial charge on any atom is 0.279 e. The highest BCUT2D eigenvalue weighted by atomic mass is 35.5. The Balaban J connectivity index is 1.78. The van der Waals surface area contributed by atoms with Crippen molar-refractivity contribution in [2.75, 3.05) is 19.1 Å². The van der Waals surface area contributed by atoms with Crippen LogP contribution in [0.15, 0.2) is 52.2 Å². The SMILES string of the molecule is CCn1cc(Cl)cc(N2C(=O)c3nc(C4=C(OC)NC(OC)N=C4)n(C(C)C)c3C2c2ccc(Cl)cc2)c1=O. The molecule has 2 unspecified atom stereocenters. The number of halogens is 2. The molecule has 10 nitrogen and oxygen atoms in total. The number of pyridine rings is 1. The van der Waals surface area contributed by atoms with Gasteiger partial charge < -0.3 is 23.9 Å². The van der Waals surface area contributed by atoms with E-state index in [9.17, 15) is 9.59 Å². The quantitative estimate of drug-likeness (QED) is 0.444. The predicted octanol–water partition coefficient (Wildman–Crippen LogP) is 4.62. The van der Waals surface area contributed by atoms with Crippen molar-refractivity contribution >= 4 is 46.6 Å². The third-order valence-electron chi connectivity index (χ3n) is 6.73. The lowest BCUT2D eigenvalue weighted by Crippen LogP contribution is -2.37. The van der Waals surface area contributed by atoms with E-state index in [-0.39, 0.29) is 23.0 Å². The summed E-state index contributed by atoms with van der Waals surface area (Å²) in [5, 5.41) is 3.97. The predicted molar refractivity (Wildman–Crippen MR) is 150 cm³/mol. The molecule has 1 N–H and O–H groups in total. The highest BCUT2D eigenvalue weighted by Gasteiger charge is 2.46. The van der Waals surface area contributed by atoms with Gasteiger partial charge >= 0.3 is 0 Å². The van der Waals surface area contributed by atoms with Gasteiger partial charge in [-0.25, -0.2) is 9.98 Å². The molecule has 0 bridgehead atoms. The summed E-state index contributed by atoms with van der Waals surface area (Å²) >= 11 is 12.6. The number of aliphatic imine (C=N–C) groups is 1. The molecule has 39 heavy (non-hydrogen) atoms. The zero-order valence-electron chi connectivity index (χ0n) is 22.1. The van der Waals surface area contributed by atoms with Gasteiger partial charge in [-0.3, -0.25) is 14.5 Å². The number of carbonyl (C=O) groups is 1. The van der Waals surface area contributed by atoms with E-state index in [1.54, 1.807) is 24.5 Å². The number of methoxy groups -OCH3 is 2. The molecule has 12 heteroatoms. The molecule has 0 fully saturated rings. The molecule has 0 saturated heterocycles. The first kappa shape index (κ1) is 27.0. The molecule has 2 aliphatic rings. The first-order chi connectivity index (χ1) is 18.7. The number of aromatic nitrogens is 3. The zero-order chi connectivity index (χ0) is 28.0. The van der Waals surface area contributed by atoms with Crippen LogP contribution in [0.4, 0.5) is 5.69 Å². The number of aryl methyl sites for hydroxylation is 1. The standard InChI is InChI=1S/C27H28Cl2N6O4/c1-6-33-13-17(29)11-19(25(33)36)35-21(15-7-9-16(28)10-8-15)22-20(26(35)37)31-23(34(22)14(2)3)18-12-30-27(39-5)32-24(18)38-4/h7-14,21,27,32H,6H2,1-5H3. The van der Waals surface area contributed by atoms with Gasteiger partial charge in [0.05, 0.1) is 23.4 Å². The number of anilines is 1. The minimum absolute atomic E-state index is 0.121. The van der Waals surface area contributed by atoms with Crippen molar-refractivity contribution in [3.05, 3.63) is 85.6 Å². The average molecular weight is 571 g/mol. The van der Waals surface area contributed by atoms with Gasteiger partial charge in [-0.1, -0.05) is 35.3 Å². The van der Waals surface area contributed by atoms with Gasteiger partial charge in [-0.2, -0.15) is 0 Å². The summed E-state index contributed by atoms with van der Waals surface area (Å²) in [4.78, 5) is 38.3. The van der Waals surface area contributed by atoms with E-state index in [0.29, 0.717) is 39.6 Å². The number of rotatable bonds is 7. The number of hydrogen-bond donors (Lipinski definition) is 1. The van der Waals surface area contributed by atoms with E-state index in [1.807, 2.05) is 37.5 Å². The van der Waals surface area contributed by atoms with Crippen molar-refractivity contribution in [1.29, 1.82) is 0 Å². The third-order valence-corrected chi connectivity index (χ3v) is 7.19. The van der Waals surface area contributed by atoms with Crippen LogP contribution in [0.3, 0.4) is 0 Å². The van der Waals surface area contributed by atoms with E-state index < -0.39 is 18.3 Å². The normalized spacial score (nSPS) is 18.7. The minimum Gasteiger partial charge on any atom is -0.482 e. The van der Waals surface area contributed by atoms with Crippen LogP contribution >= 0.6 is 23.2 Å². The molecule has 2 aliphatic heterocycles. The topological polar surface area (TPSA) is 103 Å². The van der Waals surface area contributed by atoms with E-state index in [0.717, 1.165) is 5.56 Å². The van der Waals surface area contributed by atoms with Crippen LogP contribution in [-0.4, -0.2) is 46.8 Å². The van der Waals surface area contributed by atoms with Gasteiger partial charge in [0, 0.05) is 37.1 Å². The van der Waals surface area contributed by atoms with Crippen molar-refractivity contribution in [3.8, 4) is 0 Å². The molecule has 1 amide bonds. The Bertz CT molecular complexity index is 1560. The maximum absolute atomic E-state index is 14.1. The number of fused-ring (bicyclic) bond motifs is 1. The van der Waals surface area contributed by atoms with Crippen LogP contribution < -0.4 is 15.8 Å². The van der Waals surface area contributed by atoms with E-state index >= 15 is 0 Å². The van der Waals surface area contributed by atoms with Crippen LogP contribution in [0.2, 0.25) is 10.0 Å². The highest BCUT2D eigenvalue weighted by molar-refractivity contribution is 6.31. The van der Waals surface area contributed by atoms with Crippen LogP contribution in [0, 0.1) is 0 Å². The number of imidazole rings is 1. The van der Waals surface area contributed by atoms with Crippen LogP contribution in [-0.2, 0) is 16.0 Å². The van der Waals surface area contributed by atoms with Gasteiger partial charge in [0.2, 0.25) is 12.2 Å². The van der Waals surface area contributed by atoms with Gasteiger partial charge in [-0.15, -0.1) is 0 Å². The summed E-state index contributed by atoms with van der Waals surface area (Å²) in [7, 11) is 3.06. The van der Waals surface area contributed by atoms with Gasteiger partial charge in [-0.05, 0) is 44.5 Å². The largest absolute Gasteiger partial charge is 0.482 e. The Morgan fingerprint density at radius 1 is 1.10 bits per heavy atom. The van der Waals surface area contributed by atoms with Crippen molar-refractivity contribution in [2.24, 2.45) is 4.99 Å². The molecular formula is C27H28Cl2N6O4. The van der Waals surface area contributed by atoms with Crippen molar-refractivity contribution in [1.82, 2.24) is 19.4 Å². The molecule has 0 aliphatic carbocycles. The fraction of sp³-hybridized carbons (Fsp3) is 0.333. The van der Waals surface area contributed by atoms with E-state index in [1.165, 1.54) is 29.8 Å². The minimum atomic E-state index is -0.670. The molecule has 4 heterocycles. The first-order valence-electron chi connectivity index (χ1n) is 12.4. The molecule has 3 aromatic rings. The second-order valence-electron chi connectivity index (χ2n) is 9.35. The molecule has 204 valence electrons. The molecule has 0 radical (unpaired) electrons. The monoisotopic (exact) mass is 570 g/mol. The number of allylic oxidation sites excluding steroid dienone is 1. The zero-order valence-corrected chi connectivity index (χ0v) is 23.6. The van der Waals surface area contributed by atoms with Crippen LogP contribution in [0.25, 0.3) is 5.57 Å². The van der Waals surface area contributed by atoms with Crippen molar-refractivity contribution in [3.63, 3.8) is 0 Å². The maximum atomic E-state index is 14.1. The van der Waals surface area contributed by atoms with Gasteiger partial charge in [0.1, 0.15) is 17.6 Å². The average Bonchev–Trinajstić information content (AvgIpc) is 3.45. The van der Waals surface area contributed by atoms with Crippen LogP contribution in [0.5, 0.6) is 0 Å². The Labute approximate surface area is 235 Å². The molecule has 0 spiro atoms. The molecule has 2 atom stereocenters. The molecule has 2 aromatic heterocycles. The number of nitrogens with one attached hydrogen (secondary N) is 1. The number of carbonyl (C=O) groups excluding carboxylic acids is 1. The third kappa shape index (κ3) is 4.52. The van der Waals surface area contributed by atoms with Crippen LogP contribution in [0.1, 0.15) is 60.4 Å². The lowest BCUT2D eigenvalue weighted by atomic mass is 10.0. The fourth-order valence-electron chi connectivity index (χ4n) is 5.00. The number of nitrogens with zero attached hydrogens (tertiary/aromatic N) is 5. The van der Waals surface area contributed by atoms with E-state index in [4.69, 9.17) is 37.7 Å². The molecule has 0 saturated carbocycles. The Morgan fingerprint density at radius 2 is 1.82 bits per heavy atom. The Kier molecular flexibility index (Phi) is 7.28. The Hall–Kier alpha value is -3.60. The lowest BCUT2D eigenvalue weighted by Gasteiger charge is -2.29. The van der Waals surface area contributed by atoms with Crippen molar-refractivity contribution in [2.45, 2.75) is 45.8 Å². The van der Waals surface area contributed by atoms with Gasteiger partial charge in [0.25, 0.3) is 11.5 Å². The first-order valence-corrected chi connectivity index (χ1v) is 13.2. The lowest BCUT2D eigenvalue weighted by molar-refractivity contribution is 0.0704. The molecule has 5 rings (SSSR count). The summed E-state index contributed by atoms with van der Waals surface area (Å²) in [6, 6.07) is 7.93. The second-order valence-corrected chi connectivity index (χ2v) is 10.2. The summed E-state index contributed by atoms with van der Waals surface area (Å²) in [5.41, 5.74) is 2.04. The smallest absolute Gasteiger partial charge is 0.279 e. The number of hydrogen-bond acceptors (Lipinski definition) is 7. The highest BCUT2D eigenvalue weighted by Crippen LogP contribution is 2.44. The molecular weight excluding hydrogens is 543 g/mol. The molecule has 1 aromatic carbocycles. The second kappa shape index (κ2) is 10.5. The number of ether oxygens (including phenoxy) is 2. The summed E-state index contributed by atoms with van der Waals surface area (Å²) in [6.45, 7) is 6.24. The number of benzene rings is 1. The fourth-order valence-corrected chi connectivity index (χ4v) is 5.35. The summed E-state index contributed by atoms with van der Waals surface area (Å²) in [6.07, 6.45) is 2.57. The van der Waals surface area contributed by atoms with Crippen molar-refractivity contribution < 1.29 is 14.3 Å².